The fraction of sp³-hybridized carbons (Fsp3) is 1.00. The second-order valence-corrected chi connectivity index (χ2v) is 4.14. The Labute approximate surface area is 87.9 Å². The molecule has 0 atom stereocenters. The van der Waals surface area contributed by atoms with Crippen LogP contribution in [0.25, 0.3) is 0 Å². The molecular weight excluding hydrogens is 207 g/mol. The standard InChI is InChI=1S/C10H18F3NO/c11-10(12,13)9(5-6-9)14-7-3-1-2-4-8-15/h14-15H,1-8H2. The number of alkyl halides is 3. The molecule has 0 aliphatic heterocycles. The molecule has 0 aromatic rings. The smallest absolute Gasteiger partial charge is 0.396 e. The van der Waals surface area contributed by atoms with Crippen LogP contribution in [0.1, 0.15) is 38.5 Å². The van der Waals surface area contributed by atoms with Crippen LogP contribution in [0, 0.1) is 0 Å². The third kappa shape index (κ3) is 3.65. The summed E-state index contributed by atoms with van der Waals surface area (Å²) in [6.07, 6.45) is -0.417. The highest BCUT2D eigenvalue weighted by Gasteiger charge is 2.62. The van der Waals surface area contributed by atoms with Crippen LogP contribution >= 0.6 is 0 Å². The molecule has 5 heteroatoms. The summed E-state index contributed by atoms with van der Waals surface area (Å²) in [5.41, 5.74) is -1.57. The van der Waals surface area contributed by atoms with Crippen molar-refractivity contribution in [2.45, 2.75) is 50.2 Å². The lowest BCUT2D eigenvalue weighted by molar-refractivity contribution is -0.165. The van der Waals surface area contributed by atoms with Gasteiger partial charge < -0.3 is 10.4 Å². The van der Waals surface area contributed by atoms with E-state index in [9.17, 15) is 13.2 Å². The number of aliphatic hydroxyl groups excluding tert-OH is 1. The van der Waals surface area contributed by atoms with E-state index in [1.807, 2.05) is 0 Å². The van der Waals surface area contributed by atoms with Gasteiger partial charge in [-0.3, -0.25) is 0 Å². The molecule has 1 fully saturated rings. The van der Waals surface area contributed by atoms with E-state index in [0.29, 0.717) is 6.54 Å². The highest BCUT2D eigenvalue weighted by atomic mass is 19.4. The van der Waals surface area contributed by atoms with Crippen LogP contribution < -0.4 is 5.32 Å². The quantitative estimate of drug-likeness (QED) is 0.651. The molecule has 0 unspecified atom stereocenters. The zero-order valence-electron chi connectivity index (χ0n) is 8.74. The first-order chi connectivity index (χ1) is 7.02. The predicted molar refractivity (Wildman–Crippen MR) is 51.6 cm³/mol. The van der Waals surface area contributed by atoms with Gasteiger partial charge in [0, 0.05) is 6.61 Å². The summed E-state index contributed by atoms with van der Waals surface area (Å²) in [4.78, 5) is 0. The van der Waals surface area contributed by atoms with Crippen molar-refractivity contribution in [2.75, 3.05) is 13.2 Å². The highest BCUT2D eigenvalue weighted by molar-refractivity contribution is 5.07. The first-order valence-electron chi connectivity index (χ1n) is 5.44. The van der Waals surface area contributed by atoms with E-state index in [1.165, 1.54) is 0 Å². The lowest BCUT2D eigenvalue weighted by Gasteiger charge is -2.20. The molecule has 1 aliphatic carbocycles. The Hall–Kier alpha value is -0.290. The third-order valence-corrected chi connectivity index (χ3v) is 2.84. The van der Waals surface area contributed by atoms with Gasteiger partial charge in [-0.15, -0.1) is 0 Å². The van der Waals surface area contributed by atoms with Gasteiger partial charge in [0.1, 0.15) is 5.54 Å². The van der Waals surface area contributed by atoms with E-state index in [0.717, 1.165) is 25.7 Å². The molecule has 2 nitrogen and oxygen atoms in total. The van der Waals surface area contributed by atoms with Crippen LogP contribution in [0.5, 0.6) is 0 Å². The summed E-state index contributed by atoms with van der Waals surface area (Å²) >= 11 is 0. The number of unbranched alkanes of at least 4 members (excludes halogenated alkanes) is 3. The van der Waals surface area contributed by atoms with E-state index in [1.54, 1.807) is 0 Å². The minimum absolute atomic E-state index is 0.167. The van der Waals surface area contributed by atoms with Crippen LogP contribution in [-0.2, 0) is 0 Å². The van der Waals surface area contributed by atoms with Crippen LogP contribution in [0.4, 0.5) is 13.2 Å². The summed E-state index contributed by atoms with van der Waals surface area (Å²) < 4.78 is 37.3. The van der Waals surface area contributed by atoms with Gasteiger partial charge in [-0.1, -0.05) is 12.8 Å². The topological polar surface area (TPSA) is 32.3 Å². The molecule has 15 heavy (non-hydrogen) atoms. The van der Waals surface area contributed by atoms with Crippen molar-refractivity contribution in [1.29, 1.82) is 0 Å². The van der Waals surface area contributed by atoms with Gasteiger partial charge >= 0.3 is 6.18 Å². The molecule has 1 aliphatic rings. The number of hydrogen-bond donors (Lipinski definition) is 2. The monoisotopic (exact) mass is 225 g/mol. The van der Waals surface area contributed by atoms with E-state index < -0.39 is 11.7 Å². The molecule has 0 amide bonds. The predicted octanol–water partition coefficient (Wildman–Crippen LogP) is 2.22. The van der Waals surface area contributed by atoms with Crippen LogP contribution in [0.2, 0.25) is 0 Å². The molecule has 0 heterocycles. The van der Waals surface area contributed by atoms with E-state index in [4.69, 9.17) is 5.11 Å². The maximum atomic E-state index is 12.4. The second-order valence-electron chi connectivity index (χ2n) is 4.14. The fourth-order valence-corrected chi connectivity index (χ4v) is 1.60. The third-order valence-electron chi connectivity index (χ3n) is 2.84. The fourth-order valence-electron chi connectivity index (χ4n) is 1.60. The molecule has 2 N–H and O–H groups in total. The minimum atomic E-state index is -4.10. The number of aliphatic hydroxyl groups is 1. The molecule has 0 aromatic heterocycles. The Balaban J connectivity index is 2.05. The number of halogens is 3. The SMILES string of the molecule is OCCCCCCNC1(C(F)(F)F)CC1. The summed E-state index contributed by atoms with van der Waals surface area (Å²) in [5, 5.41) is 11.1. The van der Waals surface area contributed by atoms with Crippen molar-refractivity contribution in [3.63, 3.8) is 0 Å². The van der Waals surface area contributed by atoms with Gasteiger partial charge in [0.15, 0.2) is 0 Å². The maximum Gasteiger partial charge on any atom is 0.406 e. The molecular formula is C10H18F3NO. The van der Waals surface area contributed by atoms with Gasteiger partial charge in [-0.2, -0.15) is 13.2 Å². The van der Waals surface area contributed by atoms with Crippen LogP contribution in [0.3, 0.4) is 0 Å². The second kappa shape index (κ2) is 5.16. The molecule has 0 aromatic carbocycles. The first-order valence-corrected chi connectivity index (χ1v) is 5.44. The molecule has 0 radical (unpaired) electrons. The van der Waals surface area contributed by atoms with Gasteiger partial charge in [0.05, 0.1) is 0 Å². The highest BCUT2D eigenvalue weighted by Crippen LogP contribution is 2.48. The Morgan fingerprint density at radius 2 is 1.67 bits per heavy atom. The molecule has 90 valence electrons. The van der Waals surface area contributed by atoms with Crippen molar-refractivity contribution in [3.05, 3.63) is 0 Å². The van der Waals surface area contributed by atoms with Crippen molar-refractivity contribution < 1.29 is 18.3 Å². The molecule has 1 saturated carbocycles. The Kier molecular flexibility index (Phi) is 4.40. The van der Waals surface area contributed by atoms with Crippen LogP contribution in [0.15, 0.2) is 0 Å². The largest absolute Gasteiger partial charge is 0.406 e. The Morgan fingerprint density at radius 3 is 2.13 bits per heavy atom. The van der Waals surface area contributed by atoms with E-state index in [-0.39, 0.29) is 19.4 Å². The zero-order valence-corrected chi connectivity index (χ0v) is 8.74. The average molecular weight is 225 g/mol. The van der Waals surface area contributed by atoms with Crippen molar-refractivity contribution in [1.82, 2.24) is 5.32 Å². The summed E-state index contributed by atoms with van der Waals surface area (Å²) in [6, 6.07) is 0. The summed E-state index contributed by atoms with van der Waals surface area (Å²) in [7, 11) is 0. The lowest BCUT2D eigenvalue weighted by Crippen LogP contribution is -2.45. The zero-order chi connectivity index (χ0) is 11.4. The average Bonchev–Trinajstić information content (AvgIpc) is 2.91. The van der Waals surface area contributed by atoms with Crippen molar-refractivity contribution in [2.24, 2.45) is 0 Å². The molecule has 0 spiro atoms. The number of nitrogens with one attached hydrogen (secondary N) is 1. The Morgan fingerprint density at radius 1 is 1.07 bits per heavy atom. The van der Waals surface area contributed by atoms with Gasteiger partial charge in [-0.05, 0) is 32.2 Å². The number of rotatable bonds is 7. The molecule has 1 rings (SSSR count). The Bertz CT molecular complexity index is 190. The van der Waals surface area contributed by atoms with Gasteiger partial charge in [0.2, 0.25) is 0 Å². The van der Waals surface area contributed by atoms with E-state index >= 15 is 0 Å². The van der Waals surface area contributed by atoms with Gasteiger partial charge in [-0.25, -0.2) is 0 Å². The molecule has 0 bridgehead atoms. The minimum Gasteiger partial charge on any atom is -0.396 e. The van der Waals surface area contributed by atoms with Gasteiger partial charge in [0.25, 0.3) is 0 Å². The normalized spacial score (nSPS) is 19.2. The first kappa shape index (κ1) is 12.8. The van der Waals surface area contributed by atoms with Crippen molar-refractivity contribution in [3.8, 4) is 0 Å². The van der Waals surface area contributed by atoms with Crippen molar-refractivity contribution >= 4 is 0 Å². The number of hydrogen-bond acceptors (Lipinski definition) is 2. The van der Waals surface area contributed by atoms with E-state index in [2.05, 4.69) is 5.32 Å². The molecule has 0 saturated heterocycles. The maximum absolute atomic E-state index is 12.4. The van der Waals surface area contributed by atoms with Crippen LogP contribution in [-0.4, -0.2) is 30.0 Å². The summed E-state index contributed by atoms with van der Waals surface area (Å²) in [5.74, 6) is 0. The summed E-state index contributed by atoms with van der Waals surface area (Å²) in [6.45, 7) is 0.588. The lowest BCUT2D eigenvalue weighted by atomic mass is 10.2.